The average Bonchev–Trinajstić information content (AvgIpc) is 3.14. The molecule has 5 heteroatoms. The van der Waals surface area contributed by atoms with E-state index in [9.17, 15) is 4.79 Å². The average molecular weight is 363 g/mol. The lowest BCUT2D eigenvalue weighted by atomic mass is 9.97. The SMILES string of the molecule is COCc1cc(CNC(=O)c2ccc(-c3cccc(C(C)C)c3)cc2)[nH]n1. The van der Waals surface area contributed by atoms with Crippen molar-refractivity contribution in [3.63, 3.8) is 0 Å². The van der Waals surface area contributed by atoms with Crippen molar-refractivity contribution in [2.24, 2.45) is 0 Å². The predicted octanol–water partition coefficient (Wildman–Crippen LogP) is 4.28. The first-order valence-corrected chi connectivity index (χ1v) is 9.07. The molecule has 3 aromatic rings. The fraction of sp³-hybridized carbons (Fsp3) is 0.273. The second-order valence-corrected chi connectivity index (χ2v) is 6.86. The molecule has 0 saturated carbocycles. The number of aromatic amines is 1. The van der Waals surface area contributed by atoms with E-state index in [0.29, 0.717) is 24.6 Å². The normalized spacial score (nSPS) is 11.0. The Morgan fingerprint density at radius 2 is 1.89 bits per heavy atom. The number of nitrogens with zero attached hydrogens (tertiary/aromatic N) is 1. The summed E-state index contributed by atoms with van der Waals surface area (Å²) in [4.78, 5) is 12.4. The molecule has 0 aliphatic heterocycles. The van der Waals surface area contributed by atoms with Gasteiger partial charge in [0.25, 0.3) is 5.91 Å². The maximum atomic E-state index is 12.4. The summed E-state index contributed by atoms with van der Waals surface area (Å²) >= 11 is 0. The van der Waals surface area contributed by atoms with Gasteiger partial charge < -0.3 is 10.1 Å². The molecule has 0 spiro atoms. The summed E-state index contributed by atoms with van der Waals surface area (Å²) in [6, 6.07) is 18.1. The van der Waals surface area contributed by atoms with Crippen LogP contribution in [0, 0.1) is 0 Å². The lowest BCUT2D eigenvalue weighted by Gasteiger charge is -2.09. The van der Waals surface area contributed by atoms with E-state index in [2.05, 4.69) is 53.6 Å². The molecule has 0 atom stereocenters. The number of carbonyl (C=O) groups is 1. The van der Waals surface area contributed by atoms with E-state index in [-0.39, 0.29) is 5.91 Å². The number of methoxy groups -OCH3 is 1. The highest BCUT2D eigenvalue weighted by atomic mass is 16.5. The van der Waals surface area contributed by atoms with Crippen LogP contribution in [-0.2, 0) is 17.9 Å². The summed E-state index contributed by atoms with van der Waals surface area (Å²) in [6.45, 7) is 5.21. The zero-order valence-electron chi connectivity index (χ0n) is 16.0. The Hall–Kier alpha value is -2.92. The van der Waals surface area contributed by atoms with Gasteiger partial charge in [-0.2, -0.15) is 5.10 Å². The van der Waals surface area contributed by atoms with Gasteiger partial charge in [0.1, 0.15) is 0 Å². The second kappa shape index (κ2) is 8.64. The van der Waals surface area contributed by atoms with Gasteiger partial charge in [-0.05, 0) is 40.8 Å². The third kappa shape index (κ3) is 4.83. The summed E-state index contributed by atoms with van der Waals surface area (Å²) in [5.74, 6) is 0.377. The first kappa shape index (κ1) is 18.9. The molecule has 2 N–H and O–H groups in total. The molecule has 1 aromatic heterocycles. The zero-order chi connectivity index (χ0) is 19.2. The van der Waals surface area contributed by atoms with Gasteiger partial charge in [-0.1, -0.05) is 50.2 Å². The predicted molar refractivity (Wildman–Crippen MR) is 106 cm³/mol. The first-order valence-electron chi connectivity index (χ1n) is 9.07. The Kier molecular flexibility index (Phi) is 6.04. The monoisotopic (exact) mass is 363 g/mol. The topological polar surface area (TPSA) is 67.0 Å². The first-order chi connectivity index (χ1) is 13.1. The maximum Gasteiger partial charge on any atom is 0.251 e. The third-order valence-corrected chi connectivity index (χ3v) is 4.45. The van der Waals surface area contributed by atoms with Gasteiger partial charge in [0.2, 0.25) is 0 Å². The number of amides is 1. The van der Waals surface area contributed by atoms with Crippen molar-refractivity contribution in [1.82, 2.24) is 15.5 Å². The second-order valence-electron chi connectivity index (χ2n) is 6.86. The third-order valence-electron chi connectivity index (χ3n) is 4.45. The molecular weight excluding hydrogens is 338 g/mol. The van der Waals surface area contributed by atoms with Crippen molar-refractivity contribution in [3.8, 4) is 11.1 Å². The van der Waals surface area contributed by atoms with E-state index in [1.54, 1.807) is 7.11 Å². The maximum absolute atomic E-state index is 12.4. The Morgan fingerprint density at radius 1 is 1.11 bits per heavy atom. The molecule has 0 radical (unpaired) electrons. The van der Waals surface area contributed by atoms with Crippen LogP contribution < -0.4 is 5.32 Å². The molecule has 0 saturated heterocycles. The molecule has 27 heavy (non-hydrogen) atoms. The fourth-order valence-electron chi connectivity index (χ4n) is 2.89. The summed E-state index contributed by atoms with van der Waals surface area (Å²) in [5, 5.41) is 9.92. The number of nitrogens with one attached hydrogen (secondary N) is 2. The van der Waals surface area contributed by atoms with Crippen LogP contribution >= 0.6 is 0 Å². The molecule has 0 bridgehead atoms. The van der Waals surface area contributed by atoms with Gasteiger partial charge in [-0.15, -0.1) is 0 Å². The lowest BCUT2D eigenvalue weighted by Crippen LogP contribution is -2.22. The van der Waals surface area contributed by atoms with E-state index in [1.807, 2.05) is 30.3 Å². The van der Waals surface area contributed by atoms with Gasteiger partial charge in [0.05, 0.1) is 24.5 Å². The molecule has 140 valence electrons. The lowest BCUT2D eigenvalue weighted by molar-refractivity contribution is 0.0950. The highest BCUT2D eigenvalue weighted by Gasteiger charge is 2.08. The van der Waals surface area contributed by atoms with Crippen LogP contribution in [0.3, 0.4) is 0 Å². The van der Waals surface area contributed by atoms with E-state index >= 15 is 0 Å². The molecule has 5 nitrogen and oxygen atoms in total. The number of ether oxygens (including phenoxy) is 1. The molecule has 0 aliphatic carbocycles. The largest absolute Gasteiger partial charge is 0.378 e. The highest BCUT2D eigenvalue weighted by molar-refractivity contribution is 5.94. The van der Waals surface area contributed by atoms with Crippen molar-refractivity contribution < 1.29 is 9.53 Å². The minimum atomic E-state index is -0.111. The molecule has 0 fully saturated rings. The summed E-state index contributed by atoms with van der Waals surface area (Å²) in [7, 11) is 1.62. The van der Waals surface area contributed by atoms with Gasteiger partial charge in [0, 0.05) is 12.7 Å². The van der Waals surface area contributed by atoms with Crippen LogP contribution in [0.5, 0.6) is 0 Å². The van der Waals surface area contributed by atoms with Crippen molar-refractivity contribution in [3.05, 3.63) is 77.1 Å². The van der Waals surface area contributed by atoms with Crippen molar-refractivity contribution in [1.29, 1.82) is 0 Å². The Labute approximate surface area is 159 Å². The molecule has 1 amide bonds. The van der Waals surface area contributed by atoms with Gasteiger partial charge in [-0.3, -0.25) is 9.89 Å². The van der Waals surface area contributed by atoms with E-state index in [1.165, 1.54) is 5.56 Å². The van der Waals surface area contributed by atoms with Crippen LogP contribution in [0.25, 0.3) is 11.1 Å². The molecular formula is C22H25N3O2. The number of aromatic nitrogens is 2. The number of H-pyrrole nitrogens is 1. The van der Waals surface area contributed by atoms with Gasteiger partial charge >= 0.3 is 0 Å². The number of hydrogen-bond acceptors (Lipinski definition) is 3. The Balaban J connectivity index is 1.64. The molecule has 0 aliphatic rings. The number of carbonyl (C=O) groups excluding carboxylic acids is 1. The summed E-state index contributed by atoms with van der Waals surface area (Å²) in [6.07, 6.45) is 0. The van der Waals surface area contributed by atoms with Crippen LogP contribution in [0.15, 0.2) is 54.6 Å². The number of hydrogen-bond donors (Lipinski definition) is 2. The minimum Gasteiger partial charge on any atom is -0.378 e. The van der Waals surface area contributed by atoms with Crippen LogP contribution in [0.4, 0.5) is 0 Å². The van der Waals surface area contributed by atoms with Gasteiger partial charge in [-0.25, -0.2) is 0 Å². The Bertz CT molecular complexity index is 898. The summed E-state index contributed by atoms with van der Waals surface area (Å²) < 4.78 is 5.03. The van der Waals surface area contributed by atoms with Crippen molar-refractivity contribution >= 4 is 5.91 Å². The van der Waals surface area contributed by atoms with E-state index in [4.69, 9.17) is 4.74 Å². The quantitative estimate of drug-likeness (QED) is 0.658. The molecule has 3 rings (SSSR count). The zero-order valence-corrected chi connectivity index (χ0v) is 16.0. The summed E-state index contributed by atoms with van der Waals surface area (Å²) in [5.41, 5.74) is 5.87. The molecule has 2 aromatic carbocycles. The van der Waals surface area contributed by atoms with Crippen LogP contribution in [0.2, 0.25) is 0 Å². The number of benzene rings is 2. The fourth-order valence-corrected chi connectivity index (χ4v) is 2.89. The smallest absolute Gasteiger partial charge is 0.251 e. The van der Waals surface area contributed by atoms with Crippen molar-refractivity contribution in [2.75, 3.05) is 7.11 Å². The van der Waals surface area contributed by atoms with Crippen LogP contribution in [-0.4, -0.2) is 23.2 Å². The molecule has 0 unspecified atom stereocenters. The van der Waals surface area contributed by atoms with Crippen molar-refractivity contribution in [2.45, 2.75) is 32.9 Å². The van der Waals surface area contributed by atoms with Crippen LogP contribution in [0.1, 0.15) is 47.1 Å². The van der Waals surface area contributed by atoms with Gasteiger partial charge in [0.15, 0.2) is 0 Å². The van der Waals surface area contributed by atoms with E-state index in [0.717, 1.165) is 22.5 Å². The molecule has 1 heterocycles. The number of rotatable bonds is 7. The Morgan fingerprint density at radius 3 is 2.59 bits per heavy atom. The highest BCUT2D eigenvalue weighted by Crippen LogP contribution is 2.24. The minimum absolute atomic E-state index is 0.111. The standard InChI is InChI=1S/C22H25N3O2/c1-15(2)18-5-4-6-19(11-18)16-7-9-17(10-8-16)22(26)23-13-20-12-21(14-27-3)25-24-20/h4-12,15H,13-14H2,1-3H3,(H,23,26)(H,24,25). The van der Waals surface area contributed by atoms with E-state index < -0.39 is 0 Å².